The van der Waals surface area contributed by atoms with Crippen molar-refractivity contribution in [1.82, 2.24) is 0 Å². The lowest BCUT2D eigenvalue weighted by Crippen LogP contribution is -2.03. The molecule has 1 N–H and O–H groups in total. The molecule has 0 atom stereocenters. The topological polar surface area (TPSA) is 30.5 Å². The molecule has 0 aromatic heterocycles. The predicted octanol–water partition coefficient (Wildman–Crippen LogP) is 6.61. The van der Waals surface area contributed by atoms with Crippen molar-refractivity contribution in [1.29, 1.82) is 0 Å². The Morgan fingerprint density at radius 3 is 2.56 bits per heavy atom. The molecule has 3 aromatic rings. The molecular weight excluding hydrogens is 426 g/mol. The summed E-state index contributed by atoms with van der Waals surface area (Å²) in [6.45, 7) is 3.18. The molecule has 0 fully saturated rings. The minimum Gasteiger partial charge on any atom is -0.493 e. The zero-order chi connectivity index (χ0) is 19.2. The molecule has 0 amide bonds. The number of anilines is 1. The van der Waals surface area contributed by atoms with E-state index in [9.17, 15) is 0 Å². The van der Waals surface area contributed by atoms with Gasteiger partial charge in [-0.05, 0) is 75.9 Å². The smallest absolute Gasteiger partial charge is 0.175 e. The maximum Gasteiger partial charge on any atom is 0.175 e. The second-order valence-corrected chi connectivity index (χ2v) is 7.54. The Bertz CT molecular complexity index is 930. The summed E-state index contributed by atoms with van der Waals surface area (Å²) in [6.07, 6.45) is 0. The summed E-state index contributed by atoms with van der Waals surface area (Å²) >= 11 is 9.64. The number of aryl methyl sites for hydroxylation is 1. The van der Waals surface area contributed by atoms with Crippen LogP contribution in [0.15, 0.2) is 65.1 Å². The minimum atomic E-state index is 0.413. The number of ether oxygens (including phenoxy) is 2. The van der Waals surface area contributed by atoms with E-state index < -0.39 is 0 Å². The first-order valence-corrected chi connectivity index (χ1v) is 9.76. The van der Waals surface area contributed by atoms with E-state index >= 15 is 0 Å². The lowest BCUT2D eigenvalue weighted by Gasteiger charge is -2.15. The predicted molar refractivity (Wildman–Crippen MR) is 115 cm³/mol. The highest BCUT2D eigenvalue weighted by Gasteiger charge is 2.12. The Labute approximate surface area is 173 Å². The van der Waals surface area contributed by atoms with E-state index in [-0.39, 0.29) is 0 Å². The molecule has 0 unspecified atom stereocenters. The van der Waals surface area contributed by atoms with Crippen LogP contribution in [-0.4, -0.2) is 7.11 Å². The van der Waals surface area contributed by atoms with E-state index in [4.69, 9.17) is 21.1 Å². The molecule has 0 bridgehead atoms. The fourth-order valence-electron chi connectivity index (χ4n) is 2.76. The number of benzene rings is 3. The molecule has 0 aliphatic carbocycles. The third-order valence-electron chi connectivity index (χ3n) is 4.08. The van der Waals surface area contributed by atoms with Crippen molar-refractivity contribution in [3.05, 3.63) is 86.8 Å². The van der Waals surface area contributed by atoms with Gasteiger partial charge in [0.05, 0.1) is 11.6 Å². The highest BCUT2D eigenvalue weighted by atomic mass is 79.9. The van der Waals surface area contributed by atoms with Crippen LogP contribution in [0.3, 0.4) is 0 Å². The normalized spacial score (nSPS) is 10.5. The van der Waals surface area contributed by atoms with Crippen molar-refractivity contribution in [2.45, 2.75) is 20.1 Å². The molecule has 0 aliphatic rings. The van der Waals surface area contributed by atoms with Gasteiger partial charge in [-0.15, -0.1) is 0 Å². The van der Waals surface area contributed by atoms with Gasteiger partial charge >= 0.3 is 0 Å². The molecule has 0 saturated carbocycles. The molecule has 5 heteroatoms. The lowest BCUT2D eigenvalue weighted by atomic mass is 10.1. The molecule has 0 aliphatic heterocycles. The van der Waals surface area contributed by atoms with Gasteiger partial charge in [0.1, 0.15) is 6.61 Å². The summed E-state index contributed by atoms with van der Waals surface area (Å²) < 4.78 is 12.4. The van der Waals surface area contributed by atoms with Gasteiger partial charge in [0.25, 0.3) is 0 Å². The highest BCUT2D eigenvalue weighted by molar-refractivity contribution is 9.10. The molecule has 0 spiro atoms. The average Bonchev–Trinajstić information content (AvgIpc) is 2.65. The van der Waals surface area contributed by atoms with Crippen LogP contribution in [0, 0.1) is 6.92 Å². The molecule has 0 saturated heterocycles. The van der Waals surface area contributed by atoms with Crippen LogP contribution in [-0.2, 0) is 13.2 Å². The van der Waals surface area contributed by atoms with Crippen LogP contribution >= 0.6 is 27.5 Å². The zero-order valence-corrected chi connectivity index (χ0v) is 17.6. The van der Waals surface area contributed by atoms with Gasteiger partial charge in [-0.3, -0.25) is 0 Å². The number of halogens is 2. The van der Waals surface area contributed by atoms with Gasteiger partial charge in [-0.2, -0.15) is 0 Å². The Hall–Kier alpha value is -2.17. The first-order chi connectivity index (χ1) is 13.0. The summed E-state index contributed by atoms with van der Waals surface area (Å²) in [5, 5.41) is 4.13. The van der Waals surface area contributed by atoms with Gasteiger partial charge in [-0.1, -0.05) is 35.9 Å². The number of hydrogen-bond acceptors (Lipinski definition) is 3. The van der Waals surface area contributed by atoms with Gasteiger partial charge in [0.2, 0.25) is 0 Å². The van der Waals surface area contributed by atoms with E-state index in [0.717, 1.165) is 21.3 Å². The SMILES string of the molecule is COc1cc(CNc2cccc(C)c2)cc(Br)c1OCc1cccc(Cl)c1. The van der Waals surface area contributed by atoms with Crippen molar-refractivity contribution in [3.8, 4) is 11.5 Å². The van der Waals surface area contributed by atoms with Crippen LogP contribution in [0.1, 0.15) is 16.7 Å². The van der Waals surface area contributed by atoms with E-state index in [2.05, 4.69) is 46.4 Å². The molecule has 27 heavy (non-hydrogen) atoms. The maximum absolute atomic E-state index is 6.04. The van der Waals surface area contributed by atoms with Crippen molar-refractivity contribution < 1.29 is 9.47 Å². The fourth-order valence-corrected chi connectivity index (χ4v) is 3.57. The second-order valence-electron chi connectivity index (χ2n) is 6.25. The number of rotatable bonds is 7. The molecule has 3 aromatic carbocycles. The summed E-state index contributed by atoms with van der Waals surface area (Å²) in [6, 6.07) is 20.0. The van der Waals surface area contributed by atoms with Crippen LogP contribution in [0.5, 0.6) is 11.5 Å². The van der Waals surface area contributed by atoms with E-state index in [1.165, 1.54) is 5.56 Å². The fraction of sp³-hybridized carbons (Fsp3) is 0.182. The Balaban J connectivity index is 1.72. The van der Waals surface area contributed by atoms with Gasteiger partial charge in [0, 0.05) is 17.3 Å². The van der Waals surface area contributed by atoms with E-state index in [1.807, 2.05) is 42.5 Å². The average molecular weight is 447 g/mol. The van der Waals surface area contributed by atoms with Crippen LogP contribution < -0.4 is 14.8 Å². The Morgan fingerprint density at radius 1 is 1.00 bits per heavy atom. The van der Waals surface area contributed by atoms with Crippen molar-refractivity contribution in [2.75, 3.05) is 12.4 Å². The Morgan fingerprint density at radius 2 is 1.81 bits per heavy atom. The first-order valence-electron chi connectivity index (χ1n) is 8.59. The first kappa shape index (κ1) is 19.6. The molecule has 3 nitrogen and oxygen atoms in total. The van der Waals surface area contributed by atoms with Gasteiger partial charge in [-0.25, -0.2) is 0 Å². The van der Waals surface area contributed by atoms with Crippen molar-refractivity contribution >= 4 is 33.2 Å². The summed E-state index contributed by atoms with van der Waals surface area (Å²) in [4.78, 5) is 0. The van der Waals surface area contributed by atoms with Crippen LogP contribution in [0.4, 0.5) is 5.69 Å². The second kappa shape index (κ2) is 9.16. The van der Waals surface area contributed by atoms with E-state index in [0.29, 0.717) is 29.7 Å². The highest BCUT2D eigenvalue weighted by Crippen LogP contribution is 2.37. The Kier molecular flexibility index (Phi) is 6.64. The van der Waals surface area contributed by atoms with E-state index in [1.54, 1.807) is 7.11 Å². The number of methoxy groups -OCH3 is 1. The third-order valence-corrected chi connectivity index (χ3v) is 4.90. The molecular formula is C22H21BrClNO2. The minimum absolute atomic E-state index is 0.413. The van der Waals surface area contributed by atoms with Gasteiger partial charge in [0.15, 0.2) is 11.5 Å². The summed E-state index contributed by atoms with van der Waals surface area (Å²) in [5.41, 5.74) is 4.41. The summed E-state index contributed by atoms with van der Waals surface area (Å²) in [7, 11) is 1.64. The molecule has 3 rings (SSSR count). The zero-order valence-electron chi connectivity index (χ0n) is 15.3. The van der Waals surface area contributed by atoms with Crippen LogP contribution in [0.2, 0.25) is 5.02 Å². The number of nitrogens with one attached hydrogen (secondary N) is 1. The van der Waals surface area contributed by atoms with Crippen LogP contribution in [0.25, 0.3) is 0 Å². The molecule has 140 valence electrons. The molecule has 0 heterocycles. The monoisotopic (exact) mass is 445 g/mol. The molecule has 0 radical (unpaired) electrons. The van der Waals surface area contributed by atoms with Crippen molar-refractivity contribution in [2.24, 2.45) is 0 Å². The number of hydrogen-bond donors (Lipinski definition) is 1. The van der Waals surface area contributed by atoms with Gasteiger partial charge < -0.3 is 14.8 Å². The standard InChI is InChI=1S/C22H21BrClNO2/c1-15-5-3-8-19(9-15)25-13-17-11-20(23)22(21(12-17)26-2)27-14-16-6-4-7-18(24)10-16/h3-12,25H,13-14H2,1-2H3. The van der Waals surface area contributed by atoms with Crippen molar-refractivity contribution in [3.63, 3.8) is 0 Å². The lowest BCUT2D eigenvalue weighted by molar-refractivity contribution is 0.282. The summed E-state index contributed by atoms with van der Waals surface area (Å²) in [5.74, 6) is 1.37. The third kappa shape index (κ3) is 5.41. The largest absolute Gasteiger partial charge is 0.493 e. The maximum atomic E-state index is 6.04. The quantitative estimate of drug-likeness (QED) is 0.443.